The lowest BCUT2D eigenvalue weighted by Gasteiger charge is -2.36. The highest BCUT2D eigenvalue weighted by Gasteiger charge is 2.43. The molecule has 0 amide bonds. The van der Waals surface area contributed by atoms with Crippen molar-refractivity contribution in [1.82, 2.24) is 0 Å². The van der Waals surface area contributed by atoms with Crippen LogP contribution in [0.1, 0.15) is 32.1 Å². The van der Waals surface area contributed by atoms with E-state index in [0.29, 0.717) is 6.42 Å². The van der Waals surface area contributed by atoms with Gasteiger partial charge >= 0.3 is 11.9 Å². The Hall–Kier alpha value is -1.32. The number of hydrogen-bond acceptors (Lipinski definition) is 2. The summed E-state index contributed by atoms with van der Waals surface area (Å²) in [6.45, 7) is 0. The summed E-state index contributed by atoms with van der Waals surface area (Å²) in [4.78, 5) is 22.3. The van der Waals surface area contributed by atoms with E-state index in [4.69, 9.17) is 5.11 Å². The van der Waals surface area contributed by atoms with E-state index in [-0.39, 0.29) is 5.92 Å². The van der Waals surface area contributed by atoms with Gasteiger partial charge in [0.2, 0.25) is 0 Å². The Kier molecular flexibility index (Phi) is 2.99. The summed E-state index contributed by atoms with van der Waals surface area (Å²) in [5.41, 5.74) is 1.18. The molecule has 0 aromatic heterocycles. The lowest BCUT2D eigenvalue weighted by molar-refractivity contribution is -0.156. The van der Waals surface area contributed by atoms with Gasteiger partial charge < -0.3 is 10.2 Å². The summed E-state index contributed by atoms with van der Waals surface area (Å²) in [6, 6.07) is 0. The van der Waals surface area contributed by atoms with Gasteiger partial charge in [0, 0.05) is 0 Å². The van der Waals surface area contributed by atoms with Gasteiger partial charge in [-0.1, -0.05) is 18.1 Å². The molecule has 0 aromatic rings. The van der Waals surface area contributed by atoms with Crippen LogP contribution >= 0.6 is 0 Å². The van der Waals surface area contributed by atoms with E-state index in [1.807, 2.05) is 6.08 Å². The highest BCUT2D eigenvalue weighted by Crippen LogP contribution is 2.43. The monoisotopic (exact) mass is 224 g/mol. The molecule has 0 aromatic carbocycles. The maximum absolute atomic E-state index is 11.2. The molecular formula is C12H16O4. The standard InChI is InChI=1S/C12H16O4/c13-11(14)9-6-5-7-3-1-2-4-8(7)10(9)12(15)16/h5,8-10H,1-4,6H2,(H,13,14)(H,15,16)/t8-,9-,10-/m0/s1. The van der Waals surface area contributed by atoms with Gasteiger partial charge in [-0.25, -0.2) is 0 Å². The molecule has 0 radical (unpaired) electrons. The zero-order chi connectivity index (χ0) is 11.7. The highest BCUT2D eigenvalue weighted by atomic mass is 16.4. The summed E-state index contributed by atoms with van der Waals surface area (Å²) in [5, 5.41) is 18.3. The van der Waals surface area contributed by atoms with Crippen LogP contribution < -0.4 is 0 Å². The predicted octanol–water partition coefficient (Wildman–Crippen LogP) is 1.91. The first-order chi connectivity index (χ1) is 7.61. The van der Waals surface area contributed by atoms with Crippen molar-refractivity contribution in [3.63, 3.8) is 0 Å². The van der Waals surface area contributed by atoms with Gasteiger partial charge in [-0.15, -0.1) is 0 Å². The van der Waals surface area contributed by atoms with E-state index in [9.17, 15) is 14.7 Å². The second-order valence-corrected chi connectivity index (χ2v) is 4.68. The molecule has 2 aliphatic carbocycles. The Morgan fingerprint density at radius 1 is 1.19 bits per heavy atom. The van der Waals surface area contributed by atoms with Crippen LogP contribution in [0.3, 0.4) is 0 Å². The average molecular weight is 224 g/mol. The zero-order valence-electron chi connectivity index (χ0n) is 9.06. The third-order valence-electron chi connectivity index (χ3n) is 3.81. The number of allylic oxidation sites excluding steroid dienone is 2. The maximum Gasteiger partial charge on any atom is 0.307 e. The summed E-state index contributed by atoms with van der Waals surface area (Å²) >= 11 is 0. The van der Waals surface area contributed by atoms with Crippen molar-refractivity contribution in [3.8, 4) is 0 Å². The van der Waals surface area contributed by atoms with Gasteiger partial charge in [0.25, 0.3) is 0 Å². The molecule has 3 atom stereocenters. The molecule has 2 aliphatic rings. The summed E-state index contributed by atoms with van der Waals surface area (Å²) in [7, 11) is 0. The number of fused-ring (bicyclic) bond motifs is 1. The molecule has 4 heteroatoms. The molecule has 0 saturated heterocycles. The van der Waals surface area contributed by atoms with Gasteiger partial charge in [0.15, 0.2) is 0 Å². The molecule has 16 heavy (non-hydrogen) atoms. The second-order valence-electron chi connectivity index (χ2n) is 4.68. The average Bonchev–Trinajstić information content (AvgIpc) is 2.27. The van der Waals surface area contributed by atoms with E-state index in [1.54, 1.807) is 0 Å². The number of carboxylic acid groups (broad SMARTS) is 2. The van der Waals surface area contributed by atoms with E-state index >= 15 is 0 Å². The first-order valence-electron chi connectivity index (χ1n) is 5.76. The minimum atomic E-state index is -0.978. The van der Waals surface area contributed by atoms with Crippen molar-refractivity contribution in [1.29, 1.82) is 0 Å². The van der Waals surface area contributed by atoms with Crippen LogP contribution in [0.4, 0.5) is 0 Å². The summed E-state index contributed by atoms with van der Waals surface area (Å²) < 4.78 is 0. The minimum absolute atomic E-state index is 0.0406. The van der Waals surface area contributed by atoms with Crippen LogP contribution in [0, 0.1) is 17.8 Å². The Balaban J connectivity index is 2.29. The second kappa shape index (κ2) is 4.28. The van der Waals surface area contributed by atoms with E-state index < -0.39 is 23.8 Å². The highest BCUT2D eigenvalue weighted by molar-refractivity contribution is 5.81. The molecule has 0 heterocycles. The SMILES string of the molecule is O=C(O)[C@@H]1[C@@H](C(=O)O)CC=C2CCCC[C@@H]21. The van der Waals surface area contributed by atoms with Crippen molar-refractivity contribution in [3.05, 3.63) is 11.6 Å². The van der Waals surface area contributed by atoms with Crippen LogP contribution in [0.5, 0.6) is 0 Å². The molecule has 1 fully saturated rings. The van der Waals surface area contributed by atoms with Gasteiger partial charge in [0.05, 0.1) is 11.8 Å². The predicted molar refractivity (Wildman–Crippen MR) is 56.9 cm³/mol. The quantitative estimate of drug-likeness (QED) is 0.702. The van der Waals surface area contributed by atoms with E-state index in [1.165, 1.54) is 5.57 Å². The molecule has 0 bridgehead atoms. The van der Waals surface area contributed by atoms with E-state index in [0.717, 1.165) is 25.7 Å². The smallest absolute Gasteiger partial charge is 0.307 e. The van der Waals surface area contributed by atoms with E-state index in [2.05, 4.69) is 0 Å². The van der Waals surface area contributed by atoms with Gasteiger partial charge in [-0.05, 0) is 31.6 Å². The normalized spacial score (nSPS) is 33.8. The number of aliphatic carboxylic acids is 2. The molecule has 0 spiro atoms. The van der Waals surface area contributed by atoms with Gasteiger partial charge in [-0.3, -0.25) is 9.59 Å². The third kappa shape index (κ3) is 1.84. The number of rotatable bonds is 2. The summed E-state index contributed by atoms with van der Waals surface area (Å²) in [6.07, 6.45) is 6.22. The number of hydrogen-bond donors (Lipinski definition) is 2. The van der Waals surface area contributed by atoms with Crippen molar-refractivity contribution in [2.24, 2.45) is 17.8 Å². The maximum atomic E-state index is 11.2. The third-order valence-corrected chi connectivity index (χ3v) is 3.81. The molecule has 88 valence electrons. The van der Waals surface area contributed by atoms with Crippen LogP contribution in [0.2, 0.25) is 0 Å². The van der Waals surface area contributed by atoms with Crippen LogP contribution in [-0.4, -0.2) is 22.2 Å². The Morgan fingerprint density at radius 3 is 2.56 bits per heavy atom. The largest absolute Gasteiger partial charge is 0.481 e. The fraction of sp³-hybridized carbons (Fsp3) is 0.667. The molecular weight excluding hydrogens is 208 g/mol. The lowest BCUT2D eigenvalue weighted by atomic mass is 9.66. The molecule has 2 N–H and O–H groups in total. The molecule has 0 unspecified atom stereocenters. The molecule has 4 nitrogen and oxygen atoms in total. The van der Waals surface area contributed by atoms with Crippen LogP contribution in [-0.2, 0) is 9.59 Å². The first kappa shape index (κ1) is 11.2. The fourth-order valence-electron chi connectivity index (χ4n) is 3.03. The Morgan fingerprint density at radius 2 is 1.94 bits per heavy atom. The van der Waals surface area contributed by atoms with Crippen LogP contribution in [0.15, 0.2) is 11.6 Å². The topological polar surface area (TPSA) is 74.6 Å². The van der Waals surface area contributed by atoms with Crippen LogP contribution in [0.25, 0.3) is 0 Å². The minimum Gasteiger partial charge on any atom is -0.481 e. The Labute approximate surface area is 94.0 Å². The molecule has 2 rings (SSSR count). The van der Waals surface area contributed by atoms with Crippen molar-refractivity contribution < 1.29 is 19.8 Å². The summed E-state index contributed by atoms with van der Waals surface area (Å²) in [5.74, 6) is -3.44. The number of carboxylic acids is 2. The Bertz CT molecular complexity index is 345. The lowest BCUT2D eigenvalue weighted by Crippen LogP contribution is -2.39. The van der Waals surface area contributed by atoms with Crippen molar-refractivity contribution in [2.45, 2.75) is 32.1 Å². The van der Waals surface area contributed by atoms with Crippen molar-refractivity contribution in [2.75, 3.05) is 0 Å². The molecule has 1 saturated carbocycles. The van der Waals surface area contributed by atoms with Crippen molar-refractivity contribution >= 4 is 11.9 Å². The number of carbonyl (C=O) groups is 2. The van der Waals surface area contributed by atoms with Gasteiger partial charge in [0.1, 0.15) is 0 Å². The molecule has 0 aliphatic heterocycles. The van der Waals surface area contributed by atoms with Gasteiger partial charge in [-0.2, -0.15) is 0 Å². The zero-order valence-corrected chi connectivity index (χ0v) is 9.06. The fourth-order valence-corrected chi connectivity index (χ4v) is 3.03. The first-order valence-corrected chi connectivity index (χ1v) is 5.76.